The van der Waals surface area contributed by atoms with E-state index in [-0.39, 0.29) is 11.5 Å². The molecule has 0 saturated carbocycles. The SMILES string of the molecule is CCn1c(C(C)N(Cc2ccccc2)C(=O)c2ccc(Cl)c(Cl)c2)nc2ccc(Cl)cc2c1=O. The van der Waals surface area contributed by atoms with Crippen molar-refractivity contribution in [3.63, 3.8) is 0 Å². The first kappa shape index (κ1) is 24.3. The highest BCUT2D eigenvalue weighted by molar-refractivity contribution is 6.42. The maximum Gasteiger partial charge on any atom is 0.261 e. The summed E-state index contributed by atoms with van der Waals surface area (Å²) in [7, 11) is 0. The summed E-state index contributed by atoms with van der Waals surface area (Å²) >= 11 is 18.4. The number of benzene rings is 3. The number of hydrogen-bond acceptors (Lipinski definition) is 3. The molecule has 5 nitrogen and oxygen atoms in total. The fourth-order valence-corrected chi connectivity index (χ4v) is 4.40. The molecule has 34 heavy (non-hydrogen) atoms. The van der Waals surface area contributed by atoms with Gasteiger partial charge in [-0.1, -0.05) is 65.1 Å². The molecule has 0 radical (unpaired) electrons. The molecular formula is C26H22Cl3N3O2. The van der Waals surface area contributed by atoms with Gasteiger partial charge >= 0.3 is 0 Å². The number of amides is 1. The molecule has 1 amide bonds. The zero-order chi connectivity index (χ0) is 24.4. The van der Waals surface area contributed by atoms with Crippen molar-refractivity contribution in [1.82, 2.24) is 14.5 Å². The fraction of sp³-hybridized carbons (Fsp3) is 0.192. The Morgan fingerprint density at radius 1 is 1.00 bits per heavy atom. The molecule has 0 N–H and O–H groups in total. The number of carbonyl (C=O) groups is 1. The Kier molecular flexibility index (Phi) is 7.27. The van der Waals surface area contributed by atoms with Crippen LogP contribution in [0.2, 0.25) is 15.1 Å². The minimum atomic E-state index is -0.519. The van der Waals surface area contributed by atoms with Crippen LogP contribution in [0.4, 0.5) is 0 Å². The van der Waals surface area contributed by atoms with Crippen LogP contribution in [0, 0.1) is 0 Å². The van der Waals surface area contributed by atoms with Gasteiger partial charge in [0.1, 0.15) is 5.82 Å². The lowest BCUT2D eigenvalue weighted by molar-refractivity contribution is 0.0662. The molecule has 4 rings (SSSR count). The van der Waals surface area contributed by atoms with E-state index in [0.717, 1.165) is 5.56 Å². The van der Waals surface area contributed by atoms with Crippen molar-refractivity contribution in [2.75, 3.05) is 0 Å². The van der Waals surface area contributed by atoms with Gasteiger partial charge in [-0.15, -0.1) is 0 Å². The molecule has 0 aliphatic heterocycles. The van der Waals surface area contributed by atoms with Crippen LogP contribution in [0.5, 0.6) is 0 Å². The van der Waals surface area contributed by atoms with Crippen LogP contribution in [0.3, 0.4) is 0 Å². The van der Waals surface area contributed by atoms with Crippen molar-refractivity contribution in [2.24, 2.45) is 0 Å². The number of halogens is 3. The Bertz CT molecular complexity index is 1420. The van der Waals surface area contributed by atoms with Crippen molar-refractivity contribution >= 4 is 51.6 Å². The summed E-state index contributed by atoms with van der Waals surface area (Å²) in [4.78, 5) is 33.4. The van der Waals surface area contributed by atoms with Crippen molar-refractivity contribution in [2.45, 2.75) is 33.0 Å². The van der Waals surface area contributed by atoms with Crippen LogP contribution >= 0.6 is 34.8 Å². The van der Waals surface area contributed by atoms with E-state index in [0.29, 0.717) is 50.4 Å². The summed E-state index contributed by atoms with van der Waals surface area (Å²) < 4.78 is 1.59. The average molecular weight is 515 g/mol. The molecule has 4 aromatic rings. The maximum absolute atomic E-state index is 13.7. The smallest absolute Gasteiger partial charge is 0.261 e. The first-order valence-electron chi connectivity index (χ1n) is 10.8. The molecule has 0 aliphatic carbocycles. The molecule has 0 saturated heterocycles. The Hall–Kier alpha value is -2.86. The second-order valence-electron chi connectivity index (χ2n) is 7.90. The minimum Gasteiger partial charge on any atom is -0.324 e. The van der Waals surface area contributed by atoms with Gasteiger partial charge in [0.2, 0.25) is 0 Å². The van der Waals surface area contributed by atoms with E-state index in [2.05, 4.69) is 0 Å². The van der Waals surface area contributed by atoms with E-state index in [4.69, 9.17) is 39.8 Å². The van der Waals surface area contributed by atoms with Crippen molar-refractivity contribution in [1.29, 1.82) is 0 Å². The fourth-order valence-electron chi connectivity index (χ4n) is 3.93. The third kappa shape index (κ3) is 4.83. The molecule has 174 valence electrons. The average Bonchev–Trinajstić information content (AvgIpc) is 2.84. The molecule has 0 bridgehead atoms. The van der Waals surface area contributed by atoms with Gasteiger partial charge in [0.25, 0.3) is 11.5 Å². The van der Waals surface area contributed by atoms with Gasteiger partial charge in [-0.3, -0.25) is 14.2 Å². The summed E-state index contributed by atoms with van der Waals surface area (Å²) in [6.07, 6.45) is 0. The lowest BCUT2D eigenvalue weighted by Crippen LogP contribution is -2.37. The molecule has 8 heteroatoms. The van der Waals surface area contributed by atoms with E-state index in [1.807, 2.05) is 44.2 Å². The zero-order valence-corrected chi connectivity index (χ0v) is 20.9. The first-order chi connectivity index (χ1) is 16.3. The van der Waals surface area contributed by atoms with Gasteiger partial charge < -0.3 is 4.90 Å². The summed E-state index contributed by atoms with van der Waals surface area (Å²) in [5.74, 6) is 0.245. The van der Waals surface area contributed by atoms with E-state index >= 15 is 0 Å². The molecule has 3 aromatic carbocycles. The summed E-state index contributed by atoms with van der Waals surface area (Å²) in [6.45, 7) is 4.46. The minimum absolute atomic E-state index is 0.196. The molecule has 0 spiro atoms. The van der Waals surface area contributed by atoms with Crippen molar-refractivity contribution < 1.29 is 4.79 Å². The summed E-state index contributed by atoms with van der Waals surface area (Å²) in [5.41, 5.74) is 1.68. The highest BCUT2D eigenvalue weighted by Crippen LogP contribution is 2.28. The van der Waals surface area contributed by atoms with Gasteiger partial charge in [-0.05, 0) is 55.8 Å². The molecule has 0 fully saturated rings. The number of aromatic nitrogens is 2. The normalized spacial score (nSPS) is 12.0. The predicted molar refractivity (Wildman–Crippen MR) is 138 cm³/mol. The van der Waals surface area contributed by atoms with Crippen LogP contribution in [0.25, 0.3) is 10.9 Å². The maximum atomic E-state index is 13.7. The second-order valence-corrected chi connectivity index (χ2v) is 9.16. The van der Waals surface area contributed by atoms with Crippen LogP contribution in [-0.2, 0) is 13.1 Å². The first-order valence-corrected chi connectivity index (χ1v) is 11.9. The molecular weight excluding hydrogens is 493 g/mol. The summed E-state index contributed by atoms with van der Waals surface area (Å²) in [5, 5.41) is 1.58. The quantitative estimate of drug-likeness (QED) is 0.285. The lowest BCUT2D eigenvalue weighted by atomic mass is 10.1. The topological polar surface area (TPSA) is 55.2 Å². The molecule has 1 aromatic heterocycles. The van der Waals surface area contributed by atoms with Gasteiger partial charge in [0, 0.05) is 23.7 Å². The Morgan fingerprint density at radius 2 is 1.74 bits per heavy atom. The highest BCUT2D eigenvalue weighted by Gasteiger charge is 2.27. The Labute approximate surface area is 212 Å². The number of rotatable bonds is 6. The standard InChI is InChI=1S/C26H22Cl3N3O2/c1-3-31-24(30-23-12-10-19(27)14-20(23)26(31)34)16(2)32(15-17-7-5-4-6-8-17)25(33)18-9-11-21(28)22(29)13-18/h4-14,16H,3,15H2,1-2H3. The highest BCUT2D eigenvalue weighted by atomic mass is 35.5. The van der Waals surface area contributed by atoms with Crippen LogP contribution in [0.15, 0.2) is 71.5 Å². The van der Waals surface area contributed by atoms with Crippen molar-refractivity contribution in [3.8, 4) is 0 Å². The number of nitrogens with zero attached hydrogens (tertiary/aromatic N) is 3. The monoisotopic (exact) mass is 513 g/mol. The van der Waals surface area contributed by atoms with Crippen LogP contribution < -0.4 is 5.56 Å². The van der Waals surface area contributed by atoms with E-state index in [1.165, 1.54) is 0 Å². The van der Waals surface area contributed by atoms with Gasteiger partial charge in [-0.25, -0.2) is 4.98 Å². The zero-order valence-electron chi connectivity index (χ0n) is 18.6. The van der Waals surface area contributed by atoms with Crippen LogP contribution in [0.1, 0.15) is 41.6 Å². The largest absolute Gasteiger partial charge is 0.324 e. The second kappa shape index (κ2) is 10.2. The molecule has 0 aliphatic rings. The van der Waals surface area contributed by atoms with E-state index < -0.39 is 6.04 Å². The lowest BCUT2D eigenvalue weighted by Gasteiger charge is -2.31. The molecule has 1 atom stereocenters. The van der Waals surface area contributed by atoms with Gasteiger partial charge in [0.15, 0.2) is 0 Å². The van der Waals surface area contributed by atoms with E-state index in [1.54, 1.807) is 45.9 Å². The third-order valence-electron chi connectivity index (χ3n) is 5.73. The number of carbonyl (C=O) groups excluding carboxylic acids is 1. The number of fused-ring (bicyclic) bond motifs is 1. The Balaban J connectivity index is 1.85. The van der Waals surface area contributed by atoms with Gasteiger partial charge in [-0.2, -0.15) is 0 Å². The molecule has 1 heterocycles. The predicted octanol–water partition coefficient (Wildman–Crippen LogP) is 6.78. The Morgan fingerprint density at radius 3 is 2.41 bits per heavy atom. The summed E-state index contributed by atoms with van der Waals surface area (Å²) in [6, 6.07) is 19.0. The van der Waals surface area contributed by atoms with Crippen LogP contribution in [-0.4, -0.2) is 20.4 Å². The third-order valence-corrected chi connectivity index (χ3v) is 6.70. The molecule has 1 unspecified atom stereocenters. The van der Waals surface area contributed by atoms with E-state index in [9.17, 15) is 9.59 Å². The van der Waals surface area contributed by atoms with Gasteiger partial charge in [0.05, 0.1) is 27.0 Å². The number of hydrogen-bond donors (Lipinski definition) is 0. The van der Waals surface area contributed by atoms with Crippen molar-refractivity contribution in [3.05, 3.63) is 109 Å².